The molecule has 10 heteroatoms. The largest absolute Gasteiger partial charge is 0.378 e. The Hall–Kier alpha value is -2.72. The van der Waals surface area contributed by atoms with Gasteiger partial charge >= 0.3 is 0 Å². The number of hydrogen-bond donors (Lipinski definition) is 0. The van der Waals surface area contributed by atoms with Crippen LogP contribution < -0.4 is 14.7 Å². The summed E-state index contributed by atoms with van der Waals surface area (Å²) >= 11 is 3.46. The number of halogens is 1. The molecule has 2 aromatic rings. The number of morpholine rings is 1. The first kappa shape index (κ1) is 23.0. The number of rotatable bonds is 4. The number of aryl methyl sites for hydroxylation is 1. The Morgan fingerprint density at radius 1 is 1.03 bits per heavy atom. The highest BCUT2D eigenvalue weighted by molar-refractivity contribution is 9.10. The fourth-order valence-corrected chi connectivity index (χ4v) is 5.17. The Labute approximate surface area is 207 Å². The van der Waals surface area contributed by atoms with Crippen LogP contribution >= 0.6 is 15.9 Å². The van der Waals surface area contributed by atoms with Crippen molar-refractivity contribution in [2.75, 3.05) is 73.7 Å². The van der Waals surface area contributed by atoms with Gasteiger partial charge in [0.2, 0.25) is 17.8 Å². The first-order valence-corrected chi connectivity index (χ1v) is 12.6. The summed E-state index contributed by atoms with van der Waals surface area (Å²) < 4.78 is 6.36. The van der Waals surface area contributed by atoms with Crippen molar-refractivity contribution in [3.05, 3.63) is 40.5 Å². The Kier molecular flexibility index (Phi) is 6.69. The third kappa shape index (κ3) is 4.88. The van der Waals surface area contributed by atoms with Gasteiger partial charge in [0.05, 0.1) is 19.1 Å². The first-order chi connectivity index (χ1) is 16.5. The van der Waals surface area contributed by atoms with E-state index in [0.717, 1.165) is 40.7 Å². The van der Waals surface area contributed by atoms with Crippen LogP contribution in [0.25, 0.3) is 0 Å². The fourth-order valence-electron chi connectivity index (χ4n) is 4.78. The van der Waals surface area contributed by atoms with Crippen molar-refractivity contribution >= 4 is 45.2 Å². The first-order valence-electron chi connectivity index (χ1n) is 11.8. The molecule has 1 aromatic carbocycles. The van der Waals surface area contributed by atoms with Crippen LogP contribution in [0.1, 0.15) is 12.1 Å². The topological polar surface area (TPSA) is 82.1 Å². The lowest BCUT2D eigenvalue weighted by Crippen LogP contribution is -2.51. The van der Waals surface area contributed by atoms with Gasteiger partial charge in [0, 0.05) is 74.2 Å². The maximum atomic E-state index is 13.2. The van der Waals surface area contributed by atoms with Crippen molar-refractivity contribution < 1.29 is 14.3 Å². The van der Waals surface area contributed by atoms with Gasteiger partial charge in [-0.15, -0.1) is 0 Å². The number of anilines is 3. The van der Waals surface area contributed by atoms with E-state index in [9.17, 15) is 9.59 Å². The number of amides is 2. The van der Waals surface area contributed by atoms with Crippen LogP contribution in [0.5, 0.6) is 0 Å². The summed E-state index contributed by atoms with van der Waals surface area (Å²) in [6.07, 6.45) is 0.263. The molecule has 5 rings (SSSR count). The molecule has 1 unspecified atom stereocenters. The number of benzene rings is 1. The lowest BCUT2D eigenvalue weighted by molar-refractivity contribution is -0.136. The van der Waals surface area contributed by atoms with Crippen molar-refractivity contribution in [3.63, 3.8) is 0 Å². The minimum Gasteiger partial charge on any atom is -0.378 e. The van der Waals surface area contributed by atoms with Crippen molar-refractivity contribution in [2.24, 2.45) is 5.92 Å². The fraction of sp³-hybridized carbons (Fsp3) is 0.500. The second-order valence-corrected chi connectivity index (χ2v) is 9.88. The molecule has 9 nitrogen and oxygen atoms in total. The molecule has 0 spiro atoms. The van der Waals surface area contributed by atoms with E-state index in [-0.39, 0.29) is 24.2 Å². The second-order valence-electron chi connectivity index (χ2n) is 8.96. The van der Waals surface area contributed by atoms with Crippen LogP contribution in [0.15, 0.2) is 34.8 Å². The number of hydrogen-bond acceptors (Lipinski definition) is 7. The van der Waals surface area contributed by atoms with Crippen LogP contribution in [-0.4, -0.2) is 85.7 Å². The highest BCUT2D eigenvalue weighted by atomic mass is 79.9. The summed E-state index contributed by atoms with van der Waals surface area (Å²) in [7, 11) is 0. The Bertz CT molecular complexity index is 1070. The zero-order valence-corrected chi connectivity index (χ0v) is 20.9. The zero-order chi connectivity index (χ0) is 23.7. The normalized spacial score (nSPS) is 21.4. The predicted molar refractivity (Wildman–Crippen MR) is 133 cm³/mol. The van der Waals surface area contributed by atoms with Crippen LogP contribution in [0, 0.1) is 12.8 Å². The van der Waals surface area contributed by atoms with E-state index in [1.54, 1.807) is 4.90 Å². The molecule has 0 radical (unpaired) electrons. The Balaban J connectivity index is 1.20. The molecule has 0 bridgehead atoms. The van der Waals surface area contributed by atoms with Gasteiger partial charge in [-0.2, -0.15) is 4.98 Å². The van der Waals surface area contributed by atoms with E-state index >= 15 is 0 Å². The number of ether oxygens (including phenoxy) is 1. The Morgan fingerprint density at radius 3 is 2.53 bits per heavy atom. The van der Waals surface area contributed by atoms with Gasteiger partial charge in [-0.3, -0.25) is 9.59 Å². The van der Waals surface area contributed by atoms with Crippen molar-refractivity contribution in [1.29, 1.82) is 0 Å². The number of aromatic nitrogens is 2. The standard InChI is InChI=1S/C24H29BrN6O3/c1-17-13-21(27-24(26-17)30-9-11-34-12-10-30)28-5-7-29(8-6-28)23(33)18-14-22(32)31(16-18)20-4-2-3-19(25)15-20/h2-4,13,15,18H,5-12,14,16H2,1H3. The second kappa shape index (κ2) is 9.87. The van der Waals surface area contributed by atoms with Gasteiger partial charge in [0.15, 0.2) is 0 Å². The van der Waals surface area contributed by atoms with Crippen molar-refractivity contribution in [3.8, 4) is 0 Å². The smallest absolute Gasteiger partial charge is 0.228 e. The summed E-state index contributed by atoms with van der Waals surface area (Å²) in [5.41, 5.74) is 1.76. The van der Waals surface area contributed by atoms with E-state index in [1.807, 2.05) is 42.2 Å². The maximum Gasteiger partial charge on any atom is 0.228 e. The molecule has 3 saturated heterocycles. The van der Waals surface area contributed by atoms with Gasteiger partial charge in [-0.1, -0.05) is 22.0 Å². The molecular weight excluding hydrogens is 500 g/mol. The van der Waals surface area contributed by atoms with Gasteiger partial charge in [-0.25, -0.2) is 4.98 Å². The third-order valence-corrected chi connectivity index (χ3v) is 7.13. The number of piperazine rings is 1. The molecular formula is C24H29BrN6O3. The highest BCUT2D eigenvalue weighted by Crippen LogP contribution is 2.29. The van der Waals surface area contributed by atoms with Crippen LogP contribution in [-0.2, 0) is 14.3 Å². The molecule has 1 aromatic heterocycles. The highest BCUT2D eigenvalue weighted by Gasteiger charge is 2.38. The van der Waals surface area contributed by atoms with E-state index in [4.69, 9.17) is 9.72 Å². The van der Waals surface area contributed by atoms with E-state index in [0.29, 0.717) is 45.9 Å². The van der Waals surface area contributed by atoms with Gasteiger partial charge < -0.3 is 24.3 Å². The molecule has 3 fully saturated rings. The molecule has 0 aliphatic carbocycles. The zero-order valence-electron chi connectivity index (χ0n) is 19.3. The SMILES string of the molecule is Cc1cc(N2CCN(C(=O)C3CC(=O)N(c4cccc(Br)c4)C3)CC2)nc(N2CCOCC2)n1. The Morgan fingerprint density at radius 2 is 1.79 bits per heavy atom. The van der Waals surface area contributed by atoms with Crippen molar-refractivity contribution in [2.45, 2.75) is 13.3 Å². The minimum atomic E-state index is -0.299. The molecule has 180 valence electrons. The lowest BCUT2D eigenvalue weighted by atomic mass is 10.1. The minimum absolute atomic E-state index is 0.00203. The lowest BCUT2D eigenvalue weighted by Gasteiger charge is -2.37. The van der Waals surface area contributed by atoms with Gasteiger partial charge in [0.1, 0.15) is 5.82 Å². The molecule has 34 heavy (non-hydrogen) atoms. The molecule has 3 aliphatic rings. The number of nitrogens with zero attached hydrogens (tertiary/aromatic N) is 6. The van der Waals surface area contributed by atoms with E-state index in [1.165, 1.54) is 0 Å². The van der Waals surface area contributed by atoms with Crippen LogP contribution in [0.3, 0.4) is 0 Å². The average molecular weight is 529 g/mol. The van der Waals surface area contributed by atoms with E-state index < -0.39 is 0 Å². The average Bonchev–Trinajstić information content (AvgIpc) is 3.25. The molecule has 0 N–H and O–H groups in total. The third-order valence-electron chi connectivity index (χ3n) is 6.63. The summed E-state index contributed by atoms with van der Waals surface area (Å²) in [6, 6.07) is 9.66. The summed E-state index contributed by atoms with van der Waals surface area (Å²) in [6.45, 7) is 8.05. The van der Waals surface area contributed by atoms with Gasteiger partial charge in [0.25, 0.3) is 0 Å². The molecule has 2 amide bonds. The summed E-state index contributed by atoms with van der Waals surface area (Å²) in [5, 5.41) is 0. The van der Waals surface area contributed by atoms with Crippen LogP contribution in [0.2, 0.25) is 0 Å². The quantitative estimate of drug-likeness (QED) is 0.600. The van der Waals surface area contributed by atoms with Crippen molar-refractivity contribution in [1.82, 2.24) is 14.9 Å². The molecule has 3 aliphatic heterocycles. The monoisotopic (exact) mass is 528 g/mol. The van der Waals surface area contributed by atoms with Gasteiger partial charge in [-0.05, 0) is 25.1 Å². The number of carbonyl (C=O) groups excluding carboxylic acids is 2. The molecule has 1 atom stereocenters. The molecule has 0 saturated carbocycles. The summed E-state index contributed by atoms with van der Waals surface area (Å²) in [4.78, 5) is 43.3. The maximum absolute atomic E-state index is 13.2. The van der Waals surface area contributed by atoms with E-state index in [2.05, 4.69) is 30.7 Å². The summed E-state index contributed by atoms with van der Waals surface area (Å²) in [5.74, 6) is 1.42. The molecule has 4 heterocycles. The predicted octanol–water partition coefficient (Wildman–Crippen LogP) is 2.09. The number of carbonyl (C=O) groups is 2. The van der Waals surface area contributed by atoms with Crippen LogP contribution in [0.4, 0.5) is 17.5 Å².